The molecule has 0 radical (unpaired) electrons. The lowest BCUT2D eigenvalue weighted by Crippen LogP contribution is -2.16. The molecule has 0 atom stereocenters. The molecule has 2 aromatic rings. The molecule has 1 aromatic carbocycles. The number of aromatic carboxylic acids is 1. The molecule has 0 bridgehead atoms. The molecule has 140 valence electrons. The van der Waals surface area contributed by atoms with Crippen LogP contribution in [0.4, 0.5) is 5.69 Å². The number of anilines is 1. The fraction of sp³-hybridized carbons (Fsp3) is 0.333. The Bertz CT molecular complexity index is 937. The molecule has 0 aliphatic rings. The Morgan fingerprint density at radius 3 is 2.58 bits per heavy atom. The van der Waals surface area contributed by atoms with Gasteiger partial charge in [0.25, 0.3) is 0 Å². The summed E-state index contributed by atoms with van der Waals surface area (Å²) in [6.45, 7) is 3.91. The number of amides is 1. The monoisotopic (exact) mass is 398 g/mol. The van der Waals surface area contributed by atoms with E-state index in [4.69, 9.17) is 5.11 Å². The van der Waals surface area contributed by atoms with Gasteiger partial charge < -0.3 is 15.0 Å². The highest BCUT2D eigenvalue weighted by Crippen LogP contribution is 2.21. The van der Waals surface area contributed by atoms with E-state index in [2.05, 4.69) is 15.5 Å². The van der Waals surface area contributed by atoms with Crippen LogP contribution in [0.15, 0.2) is 34.6 Å². The average molecular weight is 398 g/mol. The number of aromatic nitrogens is 3. The standard InChI is InChI=1S/C15H18N4O5S2/c1-9(2)19-8-16-18-15(19)25-7-13(20)17-11-4-10(14(21)22)5-12(6-11)26(3,23)24/h4-6,8-9H,7H2,1-3H3,(H,17,20)(H,21,22). The SMILES string of the molecule is CC(C)n1cnnc1SCC(=O)Nc1cc(C(=O)O)cc(S(C)(=O)=O)c1. The maximum absolute atomic E-state index is 12.1. The van der Waals surface area contributed by atoms with Crippen molar-refractivity contribution in [2.45, 2.75) is 29.9 Å². The van der Waals surface area contributed by atoms with E-state index in [0.717, 1.165) is 12.3 Å². The highest BCUT2D eigenvalue weighted by atomic mass is 32.2. The van der Waals surface area contributed by atoms with Crippen molar-refractivity contribution in [3.63, 3.8) is 0 Å². The van der Waals surface area contributed by atoms with E-state index in [-0.39, 0.29) is 27.9 Å². The number of carboxylic acid groups (broad SMARTS) is 1. The van der Waals surface area contributed by atoms with Crippen molar-refractivity contribution in [3.8, 4) is 0 Å². The van der Waals surface area contributed by atoms with Crippen LogP contribution >= 0.6 is 11.8 Å². The van der Waals surface area contributed by atoms with Crippen LogP contribution in [0, 0.1) is 0 Å². The van der Waals surface area contributed by atoms with Crippen LogP contribution < -0.4 is 5.32 Å². The number of hydrogen-bond donors (Lipinski definition) is 2. The Morgan fingerprint density at radius 2 is 2.00 bits per heavy atom. The second-order valence-corrected chi connectivity index (χ2v) is 8.73. The molecule has 26 heavy (non-hydrogen) atoms. The van der Waals surface area contributed by atoms with Crippen LogP contribution in [0.1, 0.15) is 30.2 Å². The Hall–Kier alpha value is -2.40. The molecule has 0 fully saturated rings. The van der Waals surface area contributed by atoms with E-state index in [0.29, 0.717) is 5.16 Å². The Labute approximate surface area is 154 Å². The lowest BCUT2D eigenvalue weighted by Gasteiger charge is -2.10. The third-order valence-electron chi connectivity index (χ3n) is 3.29. The normalized spacial score (nSPS) is 11.5. The first-order chi connectivity index (χ1) is 12.1. The first kappa shape index (κ1) is 19.9. The van der Waals surface area contributed by atoms with Crippen molar-refractivity contribution in [1.82, 2.24) is 14.8 Å². The largest absolute Gasteiger partial charge is 0.478 e. The van der Waals surface area contributed by atoms with Gasteiger partial charge in [-0.2, -0.15) is 0 Å². The number of carboxylic acids is 1. The summed E-state index contributed by atoms with van der Waals surface area (Å²) in [5.41, 5.74) is -0.128. The molecule has 2 N–H and O–H groups in total. The number of benzene rings is 1. The zero-order chi connectivity index (χ0) is 19.5. The highest BCUT2D eigenvalue weighted by Gasteiger charge is 2.16. The van der Waals surface area contributed by atoms with E-state index < -0.39 is 21.7 Å². The van der Waals surface area contributed by atoms with Gasteiger partial charge in [-0.25, -0.2) is 13.2 Å². The number of hydrogen-bond acceptors (Lipinski definition) is 7. The zero-order valence-electron chi connectivity index (χ0n) is 14.3. The van der Waals surface area contributed by atoms with Gasteiger partial charge in [-0.1, -0.05) is 11.8 Å². The van der Waals surface area contributed by atoms with Crippen LogP contribution in [0.3, 0.4) is 0 Å². The van der Waals surface area contributed by atoms with Crippen molar-refractivity contribution in [2.24, 2.45) is 0 Å². The third kappa shape index (κ3) is 5.05. The summed E-state index contributed by atoms with van der Waals surface area (Å²) in [7, 11) is -3.62. The van der Waals surface area contributed by atoms with Gasteiger partial charge in [0.2, 0.25) is 5.91 Å². The van der Waals surface area contributed by atoms with Crippen LogP contribution in [0.2, 0.25) is 0 Å². The fourth-order valence-corrected chi connectivity index (χ4v) is 3.55. The number of thioether (sulfide) groups is 1. The van der Waals surface area contributed by atoms with Crippen LogP contribution in [-0.2, 0) is 14.6 Å². The van der Waals surface area contributed by atoms with Crippen LogP contribution in [0.25, 0.3) is 0 Å². The number of nitrogens with zero attached hydrogens (tertiary/aromatic N) is 3. The van der Waals surface area contributed by atoms with E-state index >= 15 is 0 Å². The summed E-state index contributed by atoms with van der Waals surface area (Å²) in [5.74, 6) is -1.70. The molecule has 0 aliphatic carbocycles. The number of sulfone groups is 1. The molecule has 0 saturated heterocycles. The highest BCUT2D eigenvalue weighted by molar-refractivity contribution is 7.99. The Balaban J connectivity index is 2.14. The van der Waals surface area contributed by atoms with Crippen molar-refractivity contribution in [3.05, 3.63) is 30.1 Å². The summed E-state index contributed by atoms with van der Waals surface area (Å²) in [6.07, 6.45) is 2.54. The maximum Gasteiger partial charge on any atom is 0.335 e. The minimum absolute atomic E-state index is 0.0108. The number of rotatable bonds is 7. The van der Waals surface area contributed by atoms with Crippen LogP contribution in [0.5, 0.6) is 0 Å². The molecular formula is C15H18N4O5S2. The fourth-order valence-electron chi connectivity index (χ4n) is 2.03. The molecular weight excluding hydrogens is 380 g/mol. The summed E-state index contributed by atoms with van der Waals surface area (Å²) < 4.78 is 25.2. The summed E-state index contributed by atoms with van der Waals surface area (Å²) in [5, 5.41) is 19.9. The van der Waals surface area contributed by atoms with Gasteiger partial charge in [0.15, 0.2) is 15.0 Å². The predicted octanol–water partition coefficient (Wildman–Crippen LogP) is 1.69. The van der Waals surface area contributed by atoms with E-state index in [1.807, 2.05) is 18.4 Å². The number of carbonyl (C=O) groups is 2. The molecule has 1 aromatic heterocycles. The van der Waals surface area contributed by atoms with Gasteiger partial charge in [0.1, 0.15) is 6.33 Å². The molecule has 2 rings (SSSR count). The predicted molar refractivity (Wildman–Crippen MR) is 96.3 cm³/mol. The topological polar surface area (TPSA) is 131 Å². The van der Waals surface area contributed by atoms with Gasteiger partial charge in [0.05, 0.1) is 16.2 Å². The van der Waals surface area contributed by atoms with Crippen molar-refractivity contribution >= 4 is 39.2 Å². The molecule has 1 heterocycles. The molecule has 0 unspecified atom stereocenters. The Kier molecular flexibility index (Phi) is 6.03. The third-order valence-corrected chi connectivity index (χ3v) is 5.34. The minimum Gasteiger partial charge on any atom is -0.478 e. The quantitative estimate of drug-likeness (QED) is 0.674. The average Bonchev–Trinajstić information content (AvgIpc) is 3.00. The maximum atomic E-state index is 12.1. The number of carbonyl (C=O) groups excluding carboxylic acids is 1. The lowest BCUT2D eigenvalue weighted by atomic mass is 10.2. The van der Waals surface area contributed by atoms with Crippen molar-refractivity contribution < 1.29 is 23.1 Å². The molecule has 11 heteroatoms. The molecule has 0 spiro atoms. The Morgan fingerprint density at radius 1 is 1.31 bits per heavy atom. The minimum atomic E-state index is -3.62. The van der Waals surface area contributed by atoms with Crippen LogP contribution in [-0.4, -0.2) is 52.2 Å². The first-order valence-electron chi connectivity index (χ1n) is 7.48. The van der Waals surface area contributed by atoms with Crippen molar-refractivity contribution in [2.75, 3.05) is 17.3 Å². The van der Waals surface area contributed by atoms with E-state index in [1.165, 1.54) is 23.9 Å². The second kappa shape index (κ2) is 7.87. The van der Waals surface area contributed by atoms with Crippen molar-refractivity contribution in [1.29, 1.82) is 0 Å². The molecule has 9 nitrogen and oxygen atoms in total. The zero-order valence-corrected chi connectivity index (χ0v) is 16.0. The van der Waals surface area contributed by atoms with Gasteiger partial charge in [-0.05, 0) is 32.0 Å². The molecule has 0 aliphatic heterocycles. The summed E-state index contributed by atoms with van der Waals surface area (Å²) in [6, 6.07) is 3.62. The van der Waals surface area contributed by atoms with Gasteiger partial charge in [0, 0.05) is 18.0 Å². The summed E-state index contributed by atoms with van der Waals surface area (Å²) >= 11 is 1.17. The smallest absolute Gasteiger partial charge is 0.335 e. The van der Waals surface area contributed by atoms with Gasteiger partial charge in [-0.3, -0.25) is 4.79 Å². The molecule has 0 saturated carbocycles. The molecule has 1 amide bonds. The second-order valence-electron chi connectivity index (χ2n) is 5.77. The van der Waals surface area contributed by atoms with Gasteiger partial charge >= 0.3 is 5.97 Å². The van der Waals surface area contributed by atoms with E-state index in [9.17, 15) is 18.0 Å². The number of nitrogens with one attached hydrogen (secondary N) is 1. The first-order valence-corrected chi connectivity index (χ1v) is 10.4. The lowest BCUT2D eigenvalue weighted by molar-refractivity contribution is -0.113. The summed E-state index contributed by atoms with van der Waals surface area (Å²) in [4.78, 5) is 23.1. The van der Waals surface area contributed by atoms with Gasteiger partial charge in [-0.15, -0.1) is 10.2 Å². The van der Waals surface area contributed by atoms with E-state index in [1.54, 1.807) is 6.33 Å².